The molecule has 0 atom stereocenters. The highest BCUT2D eigenvalue weighted by Gasteiger charge is 2.14. The SMILES string of the molecule is CCC/C(C1=CC=CCC=C1)=C(/Cc1ccc(OCCN(C)C)cc1)c1ccc(O)cc1. The van der Waals surface area contributed by atoms with Crippen LogP contribution in [-0.4, -0.2) is 37.3 Å². The van der Waals surface area contributed by atoms with E-state index < -0.39 is 0 Å². The summed E-state index contributed by atoms with van der Waals surface area (Å²) < 4.78 is 5.86. The van der Waals surface area contributed by atoms with E-state index >= 15 is 0 Å². The van der Waals surface area contributed by atoms with Crippen molar-refractivity contribution in [1.82, 2.24) is 4.90 Å². The van der Waals surface area contributed by atoms with Gasteiger partial charge in [-0.05, 0) is 85.5 Å². The second-order valence-electron chi connectivity index (χ2n) is 8.41. The van der Waals surface area contributed by atoms with E-state index in [1.54, 1.807) is 12.1 Å². The Morgan fingerprint density at radius 2 is 1.72 bits per heavy atom. The molecule has 0 aromatic heterocycles. The van der Waals surface area contributed by atoms with Crippen LogP contribution in [0.2, 0.25) is 0 Å². The third-order valence-corrected chi connectivity index (χ3v) is 5.52. The van der Waals surface area contributed by atoms with Gasteiger partial charge in [-0.3, -0.25) is 0 Å². The molecule has 3 rings (SSSR count). The minimum absolute atomic E-state index is 0.292. The van der Waals surface area contributed by atoms with E-state index in [9.17, 15) is 5.11 Å². The third kappa shape index (κ3) is 7.00. The largest absolute Gasteiger partial charge is 0.508 e. The summed E-state index contributed by atoms with van der Waals surface area (Å²) in [6.45, 7) is 3.80. The Balaban J connectivity index is 1.94. The summed E-state index contributed by atoms with van der Waals surface area (Å²) in [6.07, 6.45) is 14.9. The van der Waals surface area contributed by atoms with Crippen molar-refractivity contribution in [3.63, 3.8) is 0 Å². The van der Waals surface area contributed by atoms with Gasteiger partial charge in [0.15, 0.2) is 0 Å². The normalized spacial score (nSPS) is 14.2. The topological polar surface area (TPSA) is 32.7 Å². The number of rotatable bonds is 10. The summed E-state index contributed by atoms with van der Waals surface area (Å²) in [4.78, 5) is 2.12. The Labute approximate surface area is 193 Å². The first-order valence-electron chi connectivity index (χ1n) is 11.5. The molecule has 0 unspecified atom stereocenters. The van der Waals surface area contributed by atoms with Crippen LogP contribution in [0.5, 0.6) is 11.5 Å². The number of benzene rings is 2. The summed E-state index contributed by atoms with van der Waals surface area (Å²) >= 11 is 0. The van der Waals surface area contributed by atoms with Gasteiger partial charge in [-0.25, -0.2) is 0 Å². The molecule has 0 heterocycles. The maximum absolute atomic E-state index is 9.83. The molecule has 0 amide bonds. The van der Waals surface area contributed by atoms with E-state index in [-0.39, 0.29) is 0 Å². The first-order valence-corrected chi connectivity index (χ1v) is 11.5. The first-order chi connectivity index (χ1) is 15.6. The van der Waals surface area contributed by atoms with E-state index in [1.165, 1.54) is 22.3 Å². The predicted octanol–water partition coefficient (Wildman–Crippen LogP) is 6.57. The zero-order valence-corrected chi connectivity index (χ0v) is 19.6. The Hall–Kier alpha value is -3.04. The summed E-state index contributed by atoms with van der Waals surface area (Å²) in [5.74, 6) is 1.19. The number of allylic oxidation sites excluding steroid dienone is 8. The number of hydrogen-bond donors (Lipinski definition) is 1. The van der Waals surface area contributed by atoms with Gasteiger partial charge in [0.05, 0.1) is 0 Å². The maximum atomic E-state index is 9.83. The van der Waals surface area contributed by atoms with Gasteiger partial charge in [0.2, 0.25) is 0 Å². The lowest BCUT2D eigenvalue weighted by molar-refractivity contribution is 0.261. The Morgan fingerprint density at radius 3 is 2.41 bits per heavy atom. The summed E-state index contributed by atoms with van der Waals surface area (Å²) in [5, 5.41) is 9.83. The molecule has 0 saturated carbocycles. The molecule has 1 aliphatic carbocycles. The van der Waals surface area contributed by atoms with Gasteiger partial charge < -0.3 is 14.7 Å². The van der Waals surface area contributed by atoms with E-state index in [0.29, 0.717) is 12.4 Å². The van der Waals surface area contributed by atoms with Crippen molar-refractivity contribution < 1.29 is 9.84 Å². The third-order valence-electron chi connectivity index (χ3n) is 5.52. The standard InChI is InChI=1S/C29H35NO2/c1-4-9-28(24-10-7-5-6-8-11-24)29(25-14-16-26(31)17-15-25)22-23-12-18-27(19-13-23)32-21-20-30(2)3/h5,7-8,10-19,31H,4,6,9,20-22H2,1-3H3/b29-28+. The van der Waals surface area contributed by atoms with Crippen molar-refractivity contribution in [3.05, 3.63) is 101 Å². The first kappa shape index (κ1) is 23.6. The lowest BCUT2D eigenvalue weighted by Gasteiger charge is -2.18. The second kappa shape index (κ2) is 12.1. The summed E-state index contributed by atoms with van der Waals surface area (Å²) in [5.41, 5.74) is 6.34. The van der Waals surface area contributed by atoms with Crippen LogP contribution in [0.15, 0.2) is 90.1 Å². The van der Waals surface area contributed by atoms with Gasteiger partial charge in [0.25, 0.3) is 0 Å². The maximum Gasteiger partial charge on any atom is 0.119 e. The van der Waals surface area contributed by atoms with Crippen molar-refractivity contribution in [2.24, 2.45) is 0 Å². The highest BCUT2D eigenvalue weighted by molar-refractivity contribution is 5.76. The molecule has 0 spiro atoms. The molecule has 3 nitrogen and oxygen atoms in total. The summed E-state index contributed by atoms with van der Waals surface area (Å²) in [7, 11) is 4.10. The zero-order chi connectivity index (χ0) is 22.8. The lowest BCUT2D eigenvalue weighted by atomic mass is 9.87. The summed E-state index contributed by atoms with van der Waals surface area (Å²) in [6, 6.07) is 16.0. The number of nitrogens with zero attached hydrogens (tertiary/aromatic N) is 1. The van der Waals surface area contributed by atoms with Crippen molar-refractivity contribution in [2.45, 2.75) is 32.6 Å². The van der Waals surface area contributed by atoms with Crippen LogP contribution in [0.3, 0.4) is 0 Å². The molecule has 1 N–H and O–H groups in total. The number of ether oxygens (including phenoxy) is 1. The van der Waals surface area contributed by atoms with Crippen molar-refractivity contribution >= 4 is 5.57 Å². The van der Waals surface area contributed by atoms with Gasteiger partial charge in [-0.15, -0.1) is 0 Å². The van der Waals surface area contributed by atoms with Crippen LogP contribution in [-0.2, 0) is 6.42 Å². The van der Waals surface area contributed by atoms with Crippen molar-refractivity contribution in [3.8, 4) is 11.5 Å². The molecule has 0 saturated heterocycles. The highest BCUT2D eigenvalue weighted by Crippen LogP contribution is 2.33. The molecule has 1 aliphatic rings. The van der Waals surface area contributed by atoms with Crippen LogP contribution in [0.25, 0.3) is 5.57 Å². The molecule has 2 aromatic rings. The lowest BCUT2D eigenvalue weighted by Crippen LogP contribution is -2.19. The number of aromatic hydroxyl groups is 1. The predicted molar refractivity (Wildman–Crippen MR) is 135 cm³/mol. The fourth-order valence-electron chi connectivity index (χ4n) is 3.80. The molecule has 0 fully saturated rings. The van der Waals surface area contributed by atoms with Crippen LogP contribution >= 0.6 is 0 Å². The molecule has 0 bridgehead atoms. The highest BCUT2D eigenvalue weighted by atomic mass is 16.5. The van der Waals surface area contributed by atoms with Gasteiger partial charge >= 0.3 is 0 Å². The van der Waals surface area contributed by atoms with Crippen LogP contribution in [0, 0.1) is 0 Å². The van der Waals surface area contributed by atoms with E-state index in [1.807, 2.05) is 26.2 Å². The monoisotopic (exact) mass is 429 g/mol. The van der Waals surface area contributed by atoms with Crippen LogP contribution in [0.1, 0.15) is 37.3 Å². The number of phenolic OH excluding ortho intramolecular Hbond substituents is 1. The van der Waals surface area contributed by atoms with E-state index in [0.717, 1.165) is 43.5 Å². The van der Waals surface area contributed by atoms with Crippen molar-refractivity contribution in [1.29, 1.82) is 0 Å². The van der Waals surface area contributed by atoms with Gasteiger partial charge in [-0.2, -0.15) is 0 Å². The number of phenols is 1. The minimum Gasteiger partial charge on any atom is -0.508 e. The fraction of sp³-hybridized carbons (Fsp3) is 0.310. The van der Waals surface area contributed by atoms with E-state index in [4.69, 9.17) is 4.74 Å². The van der Waals surface area contributed by atoms with Gasteiger partial charge in [-0.1, -0.05) is 68.0 Å². The quantitative estimate of drug-likeness (QED) is 0.463. The molecule has 0 radical (unpaired) electrons. The smallest absolute Gasteiger partial charge is 0.119 e. The molecule has 168 valence electrons. The fourth-order valence-corrected chi connectivity index (χ4v) is 3.80. The minimum atomic E-state index is 0.292. The number of hydrogen-bond acceptors (Lipinski definition) is 3. The molecule has 32 heavy (non-hydrogen) atoms. The van der Waals surface area contributed by atoms with Crippen molar-refractivity contribution in [2.75, 3.05) is 27.2 Å². The zero-order valence-electron chi connectivity index (χ0n) is 19.6. The van der Waals surface area contributed by atoms with Crippen LogP contribution in [0.4, 0.5) is 0 Å². The van der Waals surface area contributed by atoms with Gasteiger partial charge in [0, 0.05) is 6.54 Å². The van der Waals surface area contributed by atoms with Crippen LogP contribution < -0.4 is 4.74 Å². The average molecular weight is 430 g/mol. The second-order valence-corrected chi connectivity index (χ2v) is 8.41. The Kier molecular flexibility index (Phi) is 8.94. The Bertz CT molecular complexity index is 977. The molecular weight excluding hydrogens is 394 g/mol. The van der Waals surface area contributed by atoms with E-state index in [2.05, 4.69) is 66.5 Å². The molecule has 3 heteroatoms. The Morgan fingerprint density at radius 1 is 0.969 bits per heavy atom. The molecule has 0 aliphatic heterocycles. The average Bonchev–Trinajstić information content (AvgIpc) is 3.07. The number of likely N-dealkylation sites (N-methyl/N-ethyl adjacent to an activating group) is 1. The molecule has 2 aromatic carbocycles. The van der Waals surface area contributed by atoms with Gasteiger partial charge in [0.1, 0.15) is 18.1 Å². The molecular formula is C29H35NO2.